The SMILES string of the molecule is CC1CN(C(=O)c2cc(S)ccc2F)CC(C)O1. The standard InChI is InChI=1S/C13H16FNO2S/c1-8-6-15(7-9(2)17-8)13(16)11-5-10(18)3-4-12(11)14/h3-5,8-9,18H,6-7H2,1-2H3. The lowest BCUT2D eigenvalue weighted by Gasteiger charge is -2.35. The maximum Gasteiger partial charge on any atom is 0.257 e. The summed E-state index contributed by atoms with van der Waals surface area (Å²) in [6.07, 6.45) is -0.0557. The van der Waals surface area contributed by atoms with Gasteiger partial charge in [-0.15, -0.1) is 12.6 Å². The quantitative estimate of drug-likeness (QED) is 0.793. The number of hydrogen-bond donors (Lipinski definition) is 1. The minimum Gasteiger partial charge on any atom is -0.372 e. The summed E-state index contributed by atoms with van der Waals surface area (Å²) in [5.41, 5.74) is 0.0730. The zero-order valence-corrected chi connectivity index (χ0v) is 11.3. The highest BCUT2D eigenvalue weighted by Gasteiger charge is 2.27. The first-order valence-corrected chi connectivity index (χ1v) is 6.35. The fourth-order valence-corrected chi connectivity index (χ4v) is 2.39. The van der Waals surface area contributed by atoms with E-state index in [2.05, 4.69) is 12.6 Å². The molecular weight excluding hydrogens is 253 g/mol. The Bertz CT molecular complexity index is 456. The van der Waals surface area contributed by atoms with Gasteiger partial charge in [0.05, 0.1) is 17.8 Å². The number of morpholine rings is 1. The van der Waals surface area contributed by atoms with Crippen LogP contribution in [0.15, 0.2) is 23.1 Å². The van der Waals surface area contributed by atoms with Gasteiger partial charge in [-0.2, -0.15) is 0 Å². The smallest absolute Gasteiger partial charge is 0.257 e. The van der Waals surface area contributed by atoms with Gasteiger partial charge in [0, 0.05) is 18.0 Å². The number of benzene rings is 1. The Morgan fingerprint density at radius 2 is 2.00 bits per heavy atom. The van der Waals surface area contributed by atoms with Crippen LogP contribution in [0.25, 0.3) is 0 Å². The summed E-state index contributed by atoms with van der Waals surface area (Å²) in [5, 5.41) is 0. The molecule has 2 atom stereocenters. The number of rotatable bonds is 1. The molecule has 0 radical (unpaired) electrons. The lowest BCUT2D eigenvalue weighted by atomic mass is 10.1. The molecule has 5 heteroatoms. The molecule has 3 nitrogen and oxygen atoms in total. The molecule has 98 valence electrons. The molecule has 1 aromatic rings. The first kappa shape index (κ1) is 13.4. The van der Waals surface area contributed by atoms with Gasteiger partial charge in [-0.1, -0.05) is 0 Å². The van der Waals surface area contributed by atoms with Gasteiger partial charge in [0.1, 0.15) is 5.82 Å². The average molecular weight is 269 g/mol. The minimum atomic E-state index is -0.510. The molecule has 18 heavy (non-hydrogen) atoms. The van der Waals surface area contributed by atoms with Gasteiger partial charge in [-0.05, 0) is 32.0 Å². The zero-order chi connectivity index (χ0) is 13.3. The number of ether oxygens (including phenoxy) is 1. The molecule has 1 aliphatic rings. The molecule has 2 unspecified atom stereocenters. The van der Waals surface area contributed by atoms with Crippen molar-refractivity contribution in [1.82, 2.24) is 4.90 Å². The number of hydrogen-bond acceptors (Lipinski definition) is 3. The molecule has 2 rings (SSSR count). The maximum absolute atomic E-state index is 13.7. The molecule has 0 bridgehead atoms. The highest BCUT2D eigenvalue weighted by atomic mass is 32.1. The van der Waals surface area contributed by atoms with Crippen molar-refractivity contribution in [3.63, 3.8) is 0 Å². The van der Waals surface area contributed by atoms with E-state index >= 15 is 0 Å². The van der Waals surface area contributed by atoms with E-state index in [1.807, 2.05) is 13.8 Å². The summed E-state index contributed by atoms with van der Waals surface area (Å²) in [4.78, 5) is 14.5. The zero-order valence-electron chi connectivity index (χ0n) is 10.4. The van der Waals surface area contributed by atoms with Crippen LogP contribution >= 0.6 is 12.6 Å². The molecule has 1 aliphatic heterocycles. The van der Waals surface area contributed by atoms with E-state index in [9.17, 15) is 9.18 Å². The van der Waals surface area contributed by atoms with E-state index in [-0.39, 0.29) is 23.7 Å². The van der Waals surface area contributed by atoms with Gasteiger partial charge in [0.15, 0.2) is 0 Å². The van der Waals surface area contributed by atoms with Crippen LogP contribution in [-0.4, -0.2) is 36.1 Å². The van der Waals surface area contributed by atoms with Crippen molar-refractivity contribution >= 4 is 18.5 Å². The van der Waals surface area contributed by atoms with Gasteiger partial charge >= 0.3 is 0 Å². The number of carbonyl (C=O) groups is 1. The van der Waals surface area contributed by atoms with Crippen LogP contribution < -0.4 is 0 Å². The summed E-state index contributed by atoms with van der Waals surface area (Å²) in [7, 11) is 0. The molecule has 0 aliphatic carbocycles. The summed E-state index contributed by atoms with van der Waals surface area (Å²) < 4.78 is 19.2. The molecule has 1 aromatic carbocycles. The number of thiol groups is 1. The Labute approximate surface area is 111 Å². The molecule has 0 aromatic heterocycles. The first-order valence-electron chi connectivity index (χ1n) is 5.90. The summed E-state index contributed by atoms with van der Waals surface area (Å²) in [6, 6.07) is 4.26. The average Bonchev–Trinajstić information content (AvgIpc) is 2.30. The number of nitrogens with zero attached hydrogens (tertiary/aromatic N) is 1. The van der Waals surface area contributed by atoms with Crippen molar-refractivity contribution in [3.05, 3.63) is 29.6 Å². The van der Waals surface area contributed by atoms with Gasteiger partial charge in [-0.25, -0.2) is 4.39 Å². The third kappa shape index (κ3) is 2.84. The van der Waals surface area contributed by atoms with E-state index in [0.29, 0.717) is 18.0 Å². The first-order chi connectivity index (χ1) is 8.47. The van der Waals surface area contributed by atoms with E-state index in [0.717, 1.165) is 0 Å². The largest absolute Gasteiger partial charge is 0.372 e. The van der Waals surface area contributed by atoms with E-state index in [4.69, 9.17) is 4.74 Å². The summed E-state index contributed by atoms with van der Waals surface area (Å²) in [6.45, 7) is 4.78. The Morgan fingerprint density at radius 1 is 1.39 bits per heavy atom. The second kappa shape index (κ2) is 5.28. The molecule has 0 N–H and O–H groups in total. The third-order valence-electron chi connectivity index (χ3n) is 2.89. The molecule has 1 amide bonds. The lowest BCUT2D eigenvalue weighted by molar-refractivity contribution is -0.0587. The third-order valence-corrected chi connectivity index (χ3v) is 3.17. The van der Waals surface area contributed by atoms with Crippen molar-refractivity contribution < 1.29 is 13.9 Å². The van der Waals surface area contributed by atoms with Crippen molar-refractivity contribution in [3.8, 4) is 0 Å². The van der Waals surface area contributed by atoms with Crippen LogP contribution in [0.4, 0.5) is 4.39 Å². The van der Waals surface area contributed by atoms with E-state index in [1.54, 1.807) is 4.90 Å². The topological polar surface area (TPSA) is 29.5 Å². The fraction of sp³-hybridized carbons (Fsp3) is 0.462. The number of amides is 1. The van der Waals surface area contributed by atoms with Crippen molar-refractivity contribution in [2.45, 2.75) is 31.0 Å². The molecular formula is C13H16FNO2S. The second-order valence-electron chi connectivity index (χ2n) is 4.63. The van der Waals surface area contributed by atoms with Crippen LogP contribution in [0.1, 0.15) is 24.2 Å². The fourth-order valence-electron chi connectivity index (χ4n) is 2.19. The summed E-state index contributed by atoms with van der Waals surface area (Å²) >= 11 is 4.13. The number of carbonyl (C=O) groups excluding carboxylic acids is 1. The van der Waals surface area contributed by atoms with Crippen molar-refractivity contribution in [1.29, 1.82) is 0 Å². The summed E-state index contributed by atoms with van der Waals surface area (Å²) in [5.74, 6) is -0.810. The minimum absolute atomic E-state index is 0.0278. The van der Waals surface area contributed by atoms with Crippen molar-refractivity contribution in [2.24, 2.45) is 0 Å². The van der Waals surface area contributed by atoms with E-state index in [1.165, 1.54) is 18.2 Å². The van der Waals surface area contributed by atoms with E-state index < -0.39 is 5.82 Å². The molecule has 1 saturated heterocycles. The Morgan fingerprint density at radius 3 is 2.61 bits per heavy atom. The van der Waals surface area contributed by atoms with Crippen LogP contribution in [0, 0.1) is 5.82 Å². The predicted octanol–water partition coefficient (Wildman–Crippen LogP) is 2.36. The Hall–Kier alpha value is -1.07. The monoisotopic (exact) mass is 269 g/mol. The van der Waals surface area contributed by atoms with Crippen LogP contribution in [0.2, 0.25) is 0 Å². The number of halogens is 1. The highest BCUT2D eigenvalue weighted by Crippen LogP contribution is 2.18. The molecule has 0 spiro atoms. The van der Waals surface area contributed by atoms with Gasteiger partial charge in [0.2, 0.25) is 0 Å². The highest BCUT2D eigenvalue weighted by molar-refractivity contribution is 7.80. The van der Waals surface area contributed by atoms with Crippen LogP contribution in [-0.2, 0) is 4.74 Å². The lowest BCUT2D eigenvalue weighted by Crippen LogP contribution is -2.48. The maximum atomic E-state index is 13.7. The van der Waals surface area contributed by atoms with Crippen molar-refractivity contribution in [2.75, 3.05) is 13.1 Å². The molecule has 1 fully saturated rings. The molecule has 1 heterocycles. The van der Waals surface area contributed by atoms with Gasteiger partial charge in [0.25, 0.3) is 5.91 Å². The van der Waals surface area contributed by atoms with Gasteiger partial charge in [-0.3, -0.25) is 4.79 Å². The second-order valence-corrected chi connectivity index (χ2v) is 5.15. The predicted molar refractivity (Wildman–Crippen MR) is 69.6 cm³/mol. The molecule has 0 saturated carbocycles. The normalized spacial score (nSPS) is 24.1. The van der Waals surface area contributed by atoms with Crippen LogP contribution in [0.3, 0.4) is 0 Å². The Balaban J connectivity index is 2.22. The Kier molecular flexibility index (Phi) is 3.92. The van der Waals surface area contributed by atoms with Crippen LogP contribution in [0.5, 0.6) is 0 Å². The van der Waals surface area contributed by atoms with Gasteiger partial charge < -0.3 is 9.64 Å².